The second-order valence-electron chi connectivity index (χ2n) is 2.57. The fourth-order valence-corrected chi connectivity index (χ4v) is 0.854. The zero-order chi connectivity index (χ0) is 7.56. The minimum absolute atomic E-state index is 0.291. The second-order valence-corrected chi connectivity index (χ2v) is 2.57. The maximum atomic E-state index is 10.8. The van der Waals surface area contributed by atoms with Crippen LogP contribution in [0.5, 0.6) is 0 Å². The number of ether oxygens (including phenoxy) is 1. The molecule has 0 bridgehead atoms. The van der Waals surface area contributed by atoms with Gasteiger partial charge >= 0.3 is 5.97 Å². The van der Waals surface area contributed by atoms with Gasteiger partial charge in [0.2, 0.25) is 0 Å². The molecule has 1 fully saturated rings. The summed E-state index contributed by atoms with van der Waals surface area (Å²) in [4.78, 5) is 10.8. The SMILES string of the molecule is CCOC(=O)C([NH])C1CC1. The van der Waals surface area contributed by atoms with Crippen molar-refractivity contribution in [2.24, 2.45) is 5.92 Å². The molecule has 0 aromatic heterocycles. The summed E-state index contributed by atoms with van der Waals surface area (Å²) in [6, 6.07) is -0.611. The molecule has 57 valence electrons. The molecule has 0 heterocycles. The summed E-state index contributed by atoms with van der Waals surface area (Å²) in [5.41, 5.74) is 7.32. The number of hydrogen-bond donors (Lipinski definition) is 0. The van der Waals surface area contributed by atoms with Crippen molar-refractivity contribution in [3.63, 3.8) is 0 Å². The molecule has 3 nitrogen and oxygen atoms in total. The lowest BCUT2D eigenvalue weighted by Gasteiger charge is -2.06. The Morgan fingerprint density at radius 1 is 1.80 bits per heavy atom. The van der Waals surface area contributed by atoms with Crippen LogP contribution < -0.4 is 5.73 Å². The molecule has 1 radical (unpaired) electrons. The normalized spacial score (nSPS) is 20.2. The monoisotopic (exact) mass is 142 g/mol. The lowest BCUT2D eigenvalue weighted by atomic mass is 10.2. The van der Waals surface area contributed by atoms with E-state index in [9.17, 15) is 4.79 Å². The smallest absolute Gasteiger partial charge is 0.324 e. The van der Waals surface area contributed by atoms with Gasteiger partial charge in [-0.25, -0.2) is 5.73 Å². The van der Waals surface area contributed by atoms with Gasteiger partial charge in [0, 0.05) is 0 Å². The third-order valence-corrected chi connectivity index (χ3v) is 1.63. The van der Waals surface area contributed by atoms with E-state index < -0.39 is 6.04 Å². The van der Waals surface area contributed by atoms with Crippen LogP contribution in [0.15, 0.2) is 0 Å². The van der Waals surface area contributed by atoms with Gasteiger partial charge in [-0.05, 0) is 25.7 Å². The van der Waals surface area contributed by atoms with Gasteiger partial charge in [-0.3, -0.25) is 4.79 Å². The Morgan fingerprint density at radius 3 is 2.80 bits per heavy atom. The van der Waals surface area contributed by atoms with Crippen molar-refractivity contribution in [1.29, 1.82) is 0 Å². The van der Waals surface area contributed by atoms with Crippen LogP contribution in [-0.2, 0) is 9.53 Å². The second kappa shape index (κ2) is 3.01. The van der Waals surface area contributed by atoms with E-state index >= 15 is 0 Å². The average molecular weight is 142 g/mol. The third-order valence-electron chi connectivity index (χ3n) is 1.63. The topological polar surface area (TPSA) is 50.1 Å². The molecular weight excluding hydrogens is 130 g/mol. The van der Waals surface area contributed by atoms with Gasteiger partial charge in [-0.2, -0.15) is 0 Å². The van der Waals surface area contributed by atoms with Crippen LogP contribution >= 0.6 is 0 Å². The Balaban J connectivity index is 2.24. The molecule has 1 atom stereocenters. The van der Waals surface area contributed by atoms with Crippen molar-refractivity contribution in [1.82, 2.24) is 5.73 Å². The van der Waals surface area contributed by atoms with Crippen LogP contribution in [0.4, 0.5) is 0 Å². The third kappa shape index (κ3) is 1.70. The van der Waals surface area contributed by atoms with E-state index in [1.54, 1.807) is 6.92 Å². The molecule has 0 saturated heterocycles. The zero-order valence-corrected chi connectivity index (χ0v) is 6.09. The zero-order valence-electron chi connectivity index (χ0n) is 6.09. The van der Waals surface area contributed by atoms with E-state index in [1.165, 1.54) is 0 Å². The molecule has 0 aromatic carbocycles. The van der Waals surface area contributed by atoms with Crippen LogP contribution in [0.25, 0.3) is 0 Å². The van der Waals surface area contributed by atoms with Gasteiger partial charge in [-0.15, -0.1) is 0 Å². The lowest BCUT2D eigenvalue weighted by molar-refractivity contribution is -0.145. The fourth-order valence-electron chi connectivity index (χ4n) is 0.854. The molecule has 1 saturated carbocycles. The predicted molar refractivity (Wildman–Crippen MR) is 36.2 cm³/mol. The summed E-state index contributed by atoms with van der Waals surface area (Å²) in [6.45, 7) is 2.15. The van der Waals surface area contributed by atoms with E-state index in [0.717, 1.165) is 12.8 Å². The minimum atomic E-state index is -0.611. The van der Waals surface area contributed by atoms with Crippen LogP contribution in [0.2, 0.25) is 0 Å². The van der Waals surface area contributed by atoms with E-state index in [0.29, 0.717) is 12.5 Å². The van der Waals surface area contributed by atoms with E-state index in [4.69, 9.17) is 5.73 Å². The Kier molecular flexibility index (Phi) is 2.27. The van der Waals surface area contributed by atoms with Crippen molar-refractivity contribution in [2.45, 2.75) is 25.8 Å². The van der Waals surface area contributed by atoms with Gasteiger partial charge in [0.05, 0.1) is 6.61 Å². The summed E-state index contributed by atoms with van der Waals surface area (Å²) >= 11 is 0. The summed E-state index contributed by atoms with van der Waals surface area (Å²) < 4.78 is 4.68. The molecule has 0 amide bonds. The van der Waals surface area contributed by atoms with Crippen LogP contribution in [-0.4, -0.2) is 18.6 Å². The Labute approximate surface area is 60.5 Å². The number of rotatable bonds is 3. The molecule has 3 heteroatoms. The molecule has 0 spiro atoms. The van der Waals surface area contributed by atoms with Gasteiger partial charge in [0.25, 0.3) is 0 Å². The molecule has 1 aliphatic carbocycles. The van der Waals surface area contributed by atoms with Crippen molar-refractivity contribution < 1.29 is 9.53 Å². The van der Waals surface area contributed by atoms with Crippen LogP contribution in [0, 0.1) is 5.92 Å². The molecule has 1 aliphatic rings. The summed E-state index contributed by atoms with van der Waals surface area (Å²) in [5, 5.41) is 0. The summed E-state index contributed by atoms with van der Waals surface area (Å²) in [5.74, 6) is -0.0657. The highest BCUT2D eigenvalue weighted by Crippen LogP contribution is 2.32. The standard InChI is InChI=1S/C7H12NO2/c1-2-10-7(9)6(8)5-3-4-5/h5-6,8H,2-4H2,1H3. The summed E-state index contributed by atoms with van der Waals surface area (Å²) in [6.07, 6.45) is 2.04. The first-order valence-corrected chi connectivity index (χ1v) is 3.63. The number of carbonyl (C=O) groups excluding carboxylic acids is 1. The minimum Gasteiger partial charge on any atom is -0.465 e. The van der Waals surface area contributed by atoms with Gasteiger partial charge in [-0.1, -0.05) is 0 Å². The lowest BCUT2D eigenvalue weighted by Crippen LogP contribution is -2.26. The maximum Gasteiger partial charge on any atom is 0.324 e. The molecule has 1 unspecified atom stereocenters. The molecule has 0 aromatic rings. The van der Waals surface area contributed by atoms with E-state index in [-0.39, 0.29) is 5.97 Å². The largest absolute Gasteiger partial charge is 0.465 e. The molecule has 10 heavy (non-hydrogen) atoms. The first kappa shape index (κ1) is 7.54. The summed E-state index contributed by atoms with van der Waals surface area (Å²) in [7, 11) is 0. The maximum absolute atomic E-state index is 10.8. The van der Waals surface area contributed by atoms with Crippen LogP contribution in [0.3, 0.4) is 0 Å². The Morgan fingerprint density at radius 2 is 2.40 bits per heavy atom. The molecule has 1 N–H and O–H groups in total. The number of carbonyl (C=O) groups is 1. The first-order chi connectivity index (χ1) is 4.75. The van der Waals surface area contributed by atoms with Crippen molar-refractivity contribution in [3.05, 3.63) is 0 Å². The van der Waals surface area contributed by atoms with Crippen LogP contribution in [0.1, 0.15) is 19.8 Å². The quantitative estimate of drug-likeness (QED) is 0.542. The van der Waals surface area contributed by atoms with E-state index in [1.807, 2.05) is 0 Å². The number of esters is 1. The van der Waals surface area contributed by atoms with E-state index in [2.05, 4.69) is 4.74 Å². The highest BCUT2D eigenvalue weighted by atomic mass is 16.5. The van der Waals surface area contributed by atoms with Crippen molar-refractivity contribution in [2.75, 3.05) is 6.61 Å². The molecular formula is C7H12NO2. The first-order valence-electron chi connectivity index (χ1n) is 3.63. The molecule has 0 aliphatic heterocycles. The fraction of sp³-hybridized carbons (Fsp3) is 0.857. The highest BCUT2D eigenvalue weighted by molar-refractivity contribution is 5.76. The average Bonchev–Trinajstić information content (AvgIpc) is 2.68. The number of hydrogen-bond acceptors (Lipinski definition) is 2. The Hall–Kier alpha value is -0.570. The predicted octanol–water partition coefficient (Wildman–Crippen LogP) is 0.611. The van der Waals surface area contributed by atoms with Crippen molar-refractivity contribution >= 4 is 5.97 Å². The van der Waals surface area contributed by atoms with Gasteiger partial charge in [0.15, 0.2) is 0 Å². The van der Waals surface area contributed by atoms with Gasteiger partial charge in [0.1, 0.15) is 6.04 Å². The Bertz CT molecular complexity index is 132. The van der Waals surface area contributed by atoms with Crippen molar-refractivity contribution in [3.8, 4) is 0 Å². The highest BCUT2D eigenvalue weighted by Gasteiger charge is 2.34. The van der Waals surface area contributed by atoms with Gasteiger partial charge < -0.3 is 4.74 Å². The molecule has 1 rings (SSSR count). The number of nitrogens with one attached hydrogen (secondary N) is 1.